The summed E-state index contributed by atoms with van der Waals surface area (Å²) >= 11 is 9.16. The van der Waals surface area contributed by atoms with Crippen molar-refractivity contribution in [1.29, 1.82) is 0 Å². The fourth-order valence-electron chi connectivity index (χ4n) is 1.62. The minimum atomic E-state index is -0.236. The smallest absolute Gasteiger partial charge is 0.131 e. The molecule has 0 aliphatic carbocycles. The Labute approximate surface area is 107 Å². The van der Waals surface area contributed by atoms with E-state index in [1.165, 1.54) is 6.07 Å². The maximum absolute atomic E-state index is 13.8. The molecule has 82 valence electrons. The summed E-state index contributed by atoms with van der Waals surface area (Å²) in [5, 5.41) is 0. The Morgan fingerprint density at radius 1 is 1.06 bits per heavy atom. The van der Waals surface area contributed by atoms with Crippen LogP contribution in [0.15, 0.2) is 46.9 Å². The van der Waals surface area contributed by atoms with E-state index < -0.39 is 0 Å². The first-order valence-corrected chi connectivity index (χ1v) is 6.14. The maximum atomic E-state index is 13.8. The molecule has 2 aromatic rings. The minimum Gasteiger partial charge on any atom is -0.206 e. The molecule has 0 heterocycles. The van der Waals surface area contributed by atoms with E-state index in [-0.39, 0.29) is 5.82 Å². The number of hydrogen-bond acceptors (Lipinski definition) is 0. The van der Waals surface area contributed by atoms with Crippen molar-refractivity contribution in [3.8, 4) is 11.1 Å². The molecule has 0 saturated heterocycles. The second kappa shape index (κ2) is 4.98. The van der Waals surface area contributed by atoms with Gasteiger partial charge in [-0.15, -0.1) is 11.6 Å². The maximum Gasteiger partial charge on any atom is 0.131 e. The normalized spacial score (nSPS) is 10.4. The van der Waals surface area contributed by atoms with Gasteiger partial charge in [0.25, 0.3) is 0 Å². The molecule has 0 fully saturated rings. The van der Waals surface area contributed by atoms with Gasteiger partial charge in [-0.1, -0.05) is 40.2 Å². The van der Waals surface area contributed by atoms with Crippen LogP contribution >= 0.6 is 27.5 Å². The van der Waals surface area contributed by atoms with Crippen LogP contribution in [0.5, 0.6) is 0 Å². The highest BCUT2D eigenvalue weighted by molar-refractivity contribution is 9.10. The third-order valence-electron chi connectivity index (χ3n) is 2.38. The van der Waals surface area contributed by atoms with Crippen LogP contribution in [0.25, 0.3) is 11.1 Å². The molecule has 0 unspecified atom stereocenters. The van der Waals surface area contributed by atoms with Gasteiger partial charge in [0.05, 0.1) is 0 Å². The van der Waals surface area contributed by atoms with Crippen molar-refractivity contribution in [2.45, 2.75) is 5.88 Å². The van der Waals surface area contributed by atoms with E-state index in [0.29, 0.717) is 11.4 Å². The lowest BCUT2D eigenvalue weighted by atomic mass is 10.0. The van der Waals surface area contributed by atoms with E-state index in [4.69, 9.17) is 11.6 Å². The van der Waals surface area contributed by atoms with Gasteiger partial charge in [0, 0.05) is 15.9 Å². The highest BCUT2D eigenvalue weighted by Crippen LogP contribution is 2.28. The third-order valence-corrected chi connectivity index (χ3v) is 3.19. The van der Waals surface area contributed by atoms with Crippen molar-refractivity contribution in [1.82, 2.24) is 0 Å². The Bertz CT molecular complexity index is 494. The summed E-state index contributed by atoms with van der Waals surface area (Å²) in [6.45, 7) is 0. The van der Waals surface area contributed by atoms with Crippen LogP contribution in [0.2, 0.25) is 0 Å². The first kappa shape index (κ1) is 11.6. The van der Waals surface area contributed by atoms with Crippen molar-refractivity contribution in [2.24, 2.45) is 0 Å². The summed E-state index contributed by atoms with van der Waals surface area (Å²) in [6, 6.07) is 12.5. The Morgan fingerprint density at radius 3 is 2.38 bits per heavy atom. The fourth-order valence-corrected chi connectivity index (χ4v) is 2.11. The molecule has 2 aromatic carbocycles. The van der Waals surface area contributed by atoms with Crippen LogP contribution in [-0.4, -0.2) is 0 Å². The lowest BCUT2D eigenvalue weighted by Crippen LogP contribution is -1.90. The molecule has 0 aromatic heterocycles. The Balaban J connectivity index is 2.58. The summed E-state index contributed by atoms with van der Waals surface area (Å²) < 4.78 is 14.7. The largest absolute Gasteiger partial charge is 0.206 e. The minimum absolute atomic E-state index is 0.236. The number of benzene rings is 2. The molecule has 0 amide bonds. The molecule has 2 rings (SSSR count). The SMILES string of the molecule is Fc1cccc(CCl)c1-c1ccc(Br)cc1. The van der Waals surface area contributed by atoms with Crippen molar-refractivity contribution in [3.63, 3.8) is 0 Å². The van der Waals surface area contributed by atoms with Crippen LogP contribution < -0.4 is 0 Å². The van der Waals surface area contributed by atoms with E-state index in [0.717, 1.165) is 15.6 Å². The molecule has 0 saturated carbocycles. The summed E-state index contributed by atoms with van der Waals surface area (Å²) in [5.41, 5.74) is 2.24. The van der Waals surface area contributed by atoms with Crippen molar-refractivity contribution < 1.29 is 4.39 Å². The van der Waals surface area contributed by atoms with Gasteiger partial charge >= 0.3 is 0 Å². The zero-order chi connectivity index (χ0) is 11.5. The number of halogens is 3. The van der Waals surface area contributed by atoms with Gasteiger partial charge in [-0.25, -0.2) is 4.39 Å². The van der Waals surface area contributed by atoms with Crippen LogP contribution in [0.3, 0.4) is 0 Å². The third kappa shape index (κ3) is 2.28. The van der Waals surface area contributed by atoms with E-state index in [2.05, 4.69) is 15.9 Å². The lowest BCUT2D eigenvalue weighted by molar-refractivity contribution is 0.630. The monoisotopic (exact) mass is 298 g/mol. The molecule has 0 nitrogen and oxygen atoms in total. The number of rotatable bonds is 2. The van der Waals surface area contributed by atoms with Gasteiger partial charge in [0.2, 0.25) is 0 Å². The van der Waals surface area contributed by atoms with E-state index in [1.807, 2.05) is 30.3 Å². The predicted molar refractivity (Wildman–Crippen MR) is 69.1 cm³/mol. The number of alkyl halides is 1. The molecule has 0 aliphatic rings. The summed E-state index contributed by atoms with van der Waals surface area (Å²) in [6.07, 6.45) is 0. The molecular formula is C13H9BrClF. The zero-order valence-electron chi connectivity index (χ0n) is 8.38. The summed E-state index contributed by atoms with van der Waals surface area (Å²) in [7, 11) is 0. The van der Waals surface area contributed by atoms with Crippen LogP contribution in [0, 0.1) is 5.82 Å². The highest BCUT2D eigenvalue weighted by atomic mass is 79.9. The van der Waals surface area contributed by atoms with Gasteiger partial charge in [-0.3, -0.25) is 0 Å². The fraction of sp³-hybridized carbons (Fsp3) is 0.0769. The molecular weight excluding hydrogens is 290 g/mol. The quantitative estimate of drug-likeness (QED) is 0.685. The molecule has 0 bridgehead atoms. The Hall–Kier alpha value is -0.860. The predicted octanol–water partition coefficient (Wildman–Crippen LogP) is 4.99. The average molecular weight is 300 g/mol. The summed E-state index contributed by atoms with van der Waals surface area (Å²) in [4.78, 5) is 0. The molecule has 0 N–H and O–H groups in total. The molecule has 0 aliphatic heterocycles. The topological polar surface area (TPSA) is 0 Å². The first-order valence-electron chi connectivity index (χ1n) is 4.81. The van der Waals surface area contributed by atoms with Gasteiger partial charge in [-0.2, -0.15) is 0 Å². The molecule has 0 radical (unpaired) electrons. The van der Waals surface area contributed by atoms with Crippen LogP contribution in [0.4, 0.5) is 4.39 Å². The second-order valence-corrected chi connectivity index (χ2v) is 4.60. The van der Waals surface area contributed by atoms with Gasteiger partial charge in [-0.05, 0) is 29.3 Å². The first-order chi connectivity index (χ1) is 7.72. The highest BCUT2D eigenvalue weighted by Gasteiger charge is 2.09. The standard InChI is InChI=1S/C13H9BrClF/c14-11-6-4-9(5-7-11)13-10(8-15)2-1-3-12(13)16/h1-7H,8H2. The van der Waals surface area contributed by atoms with E-state index in [1.54, 1.807) is 6.07 Å². The Kier molecular flexibility index (Phi) is 3.62. The van der Waals surface area contributed by atoms with E-state index in [9.17, 15) is 4.39 Å². The second-order valence-electron chi connectivity index (χ2n) is 3.41. The molecule has 0 atom stereocenters. The van der Waals surface area contributed by atoms with Crippen molar-refractivity contribution in [3.05, 3.63) is 58.3 Å². The van der Waals surface area contributed by atoms with Crippen LogP contribution in [0.1, 0.15) is 5.56 Å². The average Bonchev–Trinajstić information content (AvgIpc) is 2.30. The zero-order valence-corrected chi connectivity index (χ0v) is 10.7. The van der Waals surface area contributed by atoms with Crippen molar-refractivity contribution >= 4 is 27.5 Å². The molecule has 0 spiro atoms. The summed E-state index contributed by atoms with van der Waals surface area (Å²) in [5.74, 6) is 0.0730. The lowest BCUT2D eigenvalue weighted by Gasteiger charge is -2.08. The number of hydrogen-bond donors (Lipinski definition) is 0. The Morgan fingerprint density at radius 2 is 1.75 bits per heavy atom. The van der Waals surface area contributed by atoms with E-state index >= 15 is 0 Å². The van der Waals surface area contributed by atoms with Gasteiger partial charge in [0.15, 0.2) is 0 Å². The van der Waals surface area contributed by atoms with Crippen LogP contribution in [-0.2, 0) is 5.88 Å². The van der Waals surface area contributed by atoms with Crippen molar-refractivity contribution in [2.75, 3.05) is 0 Å². The van der Waals surface area contributed by atoms with Gasteiger partial charge < -0.3 is 0 Å². The van der Waals surface area contributed by atoms with Gasteiger partial charge in [0.1, 0.15) is 5.82 Å². The molecule has 16 heavy (non-hydrogen) atoms. The molecule has 3 heteroatoms.